The summed E-state index contributed by atoms with van der Waals surface area (Å²) in [5.74, 6) is -2.83. The van der Waals surface area contributed by atoms with Crippen LogP contribution in [0.4, 0.5) is 19.0 Å². The molecule has 0 unspecified atom stereocenters. The Balaban J connectivity index is 2.63. The standard InChI is InChI=1S/C13H12F3N3O/c1-3-17-13-12(20-2)11(18-6-19-13)7-4-9(15)10(16)5-8(7)14/h4-6H,3H2,1-2H3,(H,17,18,19). The van der Waals surface area contributed by atoms with Crippen LogP contribution in [0.3, 0.4) is 0 Å². The average molecular weight is 283 g/mol. The van der Waals surface area contributed by atoms with Gasteiger partial charge in [0, 0.05) is 18.2 Å². The van der Waals surface area contributed by atoms with Crippen LogP contribution in [0.15, 0.2) is 18.5 Å². The summed E-state index contributed by atoms with van der Waals surface area (Å²) >= 11 is 0. The van der Waals surface area contributed by atoms with Crippen molar-refractivity contribution in [2.45, 2.75) is 6.92 Å². The molecule has 0 fully saturated rings. The highest BCUT2D eigenvalue weighted by atomic mass is 19.2. The molecule has 1 aromatic heterocycles. The molecule has 106 valence electrons. The molecule has 0 atom stereocenters. The van der Waals surface area contributed by atoms with Gasteiger partial charge in [0.2, 0.25) is 0 Å². The lowest BCUT2D eigenvalue weighted by atomic mass is 10.1. The Labute approximate surface area is 113 Å². The summed E-state index contributed by atoms with van der Waals surface area (Å²) in [5.41, 5.74) is -0.142. The van der Waals surface area contributed by atoms with E-state index in [1.54, 1.807) is 0 Å². The molecule has 0 saturated carbocycles. The summed E-state index contributed by atoms with van der Waals surface area (Å²) in [5, 5.41) is 2.92. The molecule has 20 heavy (non-hydrogen) atoms. The summed E-state index contributed by atoms with van der Waals surface area (Å²) in [6.45, 7) is 2.41. The zero-order chi connectivity index (χ0) is 14.7. The molecular weight excluding hydrogens is 271 g/mol. The van der Waals surface area contributed by atoms with E-state index >= 15 is 0 Å². The number of nitrogens with zero attached hydrogens (tertiary/aromatic N) is 2. The van der Waals surface area contributed by atoms with Gasteiger partial charge in [0.25, 0.3) is 0 Å². The van der Waals surface area contributed by atoms with Crippen LogP contribution in [0.5, 0.6) is 5.75 Å². The molecule has 2 aromatic rings. The van der Waals surface area contributed by atoms with Gasteiger partial charge in [-0.2, -0.15) is 0 Å². The van der Waals surface area contributed by atoms with Crippen LogP contribution in [0, 0.1) is 17.5 Å². The minimum Gasteiger partial charge on any atom is -0.491 e. The van der Waals surface area contributed by atoms with E-state index in [-0.39, 0.29) is 17.0 Å². The molecular formula is C13H12F3N3O. The van der Waals surface area contributed by atoms with Crippen molar-refractivity contribution >= 4 is 5.82 Å². The normalized spacial score (nSPS) is 10.4. The topological polar surface area (TPSA) is 47.0 Å². The van der Waals surface area contributed by atoms with Crippen molar-refractivity contribution in [2.75, 3.05) is 19.0 Å². The predicted octanol–water partition coefficient (Wildman–Crippen LogP) is 3.00. The van der Waals surface area contributed by atoms with Gasteiger partial charge in [-0.25, -0.2) is 23.1 Å². The summed E-state index contributed by atoms with van der Waals surface area (Å²) in [6, 6.07) is 1.21. The van der Waals surface area contributed by atoms with E-state index in [1.807, 2.05) is 6.92 Å². The molecule has 0 spiro atoms. The number of methoxy groups -OCH3 is 1. The first-order valence-electron chi connectivity index (χ1n) is 5.86. The van der Waals surface area contributed by atoms with Gasteiger partial charge in [0.05, 0.1) is 7.11 Å². The second-order valence-corrected chi connectivity index (χ2v) is 3.88. The lowest BCUT2D eigenvalue weighted by Crippen LogP contribution is -2.05. The van der Waals surface area contributed by atoms with E-state index < -0.39 is 17.5 Å². The third kappa shape index (κ3) is 2.52. The lowest BCUT2D eigenvalue weighted by Gasteiger charge is -2.13. The van der Waals surface area contributed by atoms with Crippen LogP contribution in [0.2, 0.25) is 0 Å². The fraction of sp³-hybridized carbons (Fsp3) is 0.231. The maximum absolute atomic E-state index is 13.8. The highest BCUT2D eigenvalue weighted by molar-refractivity contribution is 5.73. The van der Waals surface area contributed by atoms with E-state index in [1.165, 1.54) is 13.4 Å². The molecule has 0 aliphatic heterocycles. The largest absolute Gasteiger partial charge is 0.491 e. The first kappa shape index (κ1) is 14.1. The summed E-state index contributed by atoms with van der Waals surface area (Å²) in [7, 11) is 1.36. The maximum atomic E-state index is 13.8. The minimum absolute atomic E-state index is 0.0508. The van der Waals surface area contributed by atoms with E-state index in [2.05, 4.69) is 15.3 Å². The van der Waals surface area contributed by atoms with Crippen molar-refractivity contribution in [1.82, 2.24) is 9.97 Å². The average Bonchev–Trinajstić information content (AvgIpc) is 2.43. The van der Waals surface area contributed by atoms with Gasteiger partial charge in [0.15, 0.2) is 23.2 Å². The van der Waals surface area contributed by atoms with Crippen molar-refractivity contribution in [1.29, 1.82) is 0 Å². The predicted molar refractivity (Wildman–Crippen MR) is 68.1 cm³/mol. The Hall–Kier alpha value is -2.31. The van der Waals surface area contributed by atoms with Crippen LogP contribution in [0.25, 0.3) is 11.3 Å². The Morgan fingerprint density at radius 2 is 1.80 bits per heavy atom. The molecule has 0 radical (unpaired) electrons. The number of ether oxygens (including phenoxy) is 1. The molecule has 4 nitrogen and oxygen atoms in total. The number of rotatable bonds is 4. The number of anilines is 1. The van der Waals surface area contributed by atoms with Crippen LogP contribution >= 0.6 is 0 Å². The molecule has 0 amide bonds. The van der Waals surface area contributed by atoms with Crippen LogP contribution < -0.4 is 10.1 Å². The van der Waals surface area contributed by atoms with Gasteiger partial charge < -0.3 is 10.1 Å². The van der Waals surface area contributed by atoms with Gasteiger partial charge >= 0.3 is 0 Å². The second kappa shape index (κ2) is 5.77. The van der Waals surface area contributed by atoms with Gasteiger partial charge in [-0.1, -0.05) is 0 Å². The Bertz CT molecular complexity index is 634. The zero-order valence-electron chi connectivity index (χ0n) is 10.9. The molecule has 0 aliphatic carbocycles. The van der Waals surface area contributed by atoms with Crippen molar-refractivity contribution < 1.29 is 17.9 Å². The van der Waals surface area contributed by atoms with Gasteiger partial charge in [0.1, 0.15) is 17.8 Å². The number of nitrogens with one attached hydrogen (secondary N) is 1. The van der Waals surface area contributed by atoms with Gasteiger partial charge in [-0.05, 0) is 13.0 Å². The first-order valence-corrected chi connectivity index (χ1v) is 5.86. The zero-order valence-corrected chi connectivity index (χ0v) is 10.9. The summed E-state index contributed by atoms with van der Waals surface area (Å²) < 4.78 is 45.2. The number of aromatic nitrogens is 2. The SMILES string of the molecule is CCNc1ncnc(-c2cc(F)c(F)cc2F)c1OC. The molecule has 7 heteroatoms. The number of hydrogen-bond donors (Lipinski definition) is 1. The number of benzene rings is 1. The number of hydrogen-bond acceptors (Lipinski definition) is 4. The van der Waals surface area contributed by atoms with Crippen LogP contribution in [0.1, 0.15) is 6.92 Å². The first-order chi connectivity index (χ1) is 9.58. The van der Waals surface area contributed by atoms with E-state index in [0.717, 1.165) is 6.07 Å². The number of halogens is 3. The van der Waals surface area contributed by atoms with Crippen LogP contribution in [-0.4, -0.2) is 23.6 Å². The maximum Gasteiger partial charge on any atom is 0.187 e. The van der Waals surface area contributed by atoms with Crippen molar-refractivity contribution in [2.24, 2.45) is 0 Å². The molecule has 2 rings (SSSR count). The Morgan fingerprint density at radius 1 is 1.10 bits per heavy atom. The lowest BCUT2D eigenvalue weighted by molar-refractivity contribution is 0.414. The molecule has 0 saturated heterocycles. The molecule has 1 N–H and O–H groups in total. The highest BCUT2D eigenvalue weighted by Gasteiger charge is 2.19. The van der Waals surface area contributed by atoms with Crippen molar-refractivity contribution in [3.05, 3.63) is 35.9 Å². The van der Waals surface area contributed by atoms with Gasteiger partial charge in [-0.15, -0.1) is 0 Å². The molecule has 0 bridgehead atoms. The van der Waals surface area contributed by atoms with Crippen molar-refractivity contribution in [3.8, 4) is 17.0 Å². The Kier molecular flexibility index (Phi) is 4.07. The smallest absolute Gasteiger partial charge is 0.187 e. The fourth-order valence-electron chi connectivity index (χ4n) is 1.76. The minimum atomic E-state index is -1.26. The summed E-state index contributed by atoms with van der Waals surface area (Å²) in [6.07, 6.45) is 1.19. The monoisotopic (exact) mass is 283 g/mol. The quantitative estimate of drug-likeness (QED) is 0.876. The third-order valence-electron chi connectivity index (χ3n) is 2.62. The van der Waals surface area contributed by atoms with E-state index in [9.17, 15) is 13.2 Å². The third-order valence-corrected chi connectivity index (χ3v) is 2.62. The van der Waals surface area contributed by atoms with E-state index in [0.29, 0.717) is 18.4 Å². The highest BCUT2D eigenvalue weighted by Crippen LogP contribution is 2.34. The fourth-order valence-corrected chi connectivity index (χ4v) is 1.76. The van der Waals surface area contributed by atoms with Crippen LogP contribution in [-0.2, 0) is 0 Å². The molecule has 1 aromatic carbocycles. The van der Waals surface area contributed by atoms with E-state index in [4.69, 9.17) is 4.74 Å². The molecule has 1 heterocycles. The van der Waals surface area contributed by atoms with Gasteiger partial charge in [-0.3, -0.25) is 0 Å². The Morgan fingerprint density at radius 3 is 2.45 bits per heavy atom. The molecule has 0 aliphatic rings. The summed E-state index contributed by atoms with van der Waals surface area (Å²) in [4.78, 5) is 7.85. The van der Waals surface area contributed by atoms with Crippen molar-refractivity contribution in [3.63, 3.8) is 0 Å². The second-order valence-electron chi connectivity index (χ2n) is 3.88.